The van der Waals surface area contributed by atoms with Gasteiger partial charge in [-0.3, -0.25) is 4.79 Å². The van der Waals surface area contributed by atoms with Crippen LogP contribution < -0.4 is 0 Å². The summed E-state index contributed by atoms with van der Waals surface area (Å²) < 4.78 is 4.76. The van der Waals surface area contributed by atoms with Crippen LogP contribution in [0.2, 0.25) is 0 Å². The van der Waals surface area contributed by atoms with Gasteiger partial charge in [0.25, 0.3) is 0 Å². The van der Waals surface area contributed by atoms with Gasteiger partial charge in [0.2, 0.25) is 0 Å². The molecule has 0 unspecified atom stereocenters. The molecular formula is C8H13NO2S. The second-order valence-corrected chi connectivity index (χ2v) is 3.18. The smallest absolute Gasteiger partial charge is 0.308 e. The number of isothiocyanates is 1. The zero-order valence-electron chi connectivity index (χ0n) is 7.59. The SMILES string of the molecule is CCOC(=O)CC(C)(C)N=C=S. The standard InChI is InChI=1S/C8H13NO2S/c1-4-11-7(10)5-8(2,3)9-6-12/h4-5H2,1-3H3. The molecule has 0 aliphatic rings. The second-order valence-electron chi connectivity index (χ2n) is 3.00. The highest BCUT2D eigenvalue weighted by Crippen LogP contribution is 2.13. The Labute approximate surface area is 77.8 Å². The van der Waals surface area contributed by atoms with Gasteiger partial charge in [0, 0.05) is 0 Å². The maximum absolute atomic E-state index is 11.0. The second kappa shape index (κ2) is 5.01. The Balaban J connectivity index is 4.05. The summed E-state index contributed by atoms with van der Waals surface area (Å²) in [4.78, 5) is 14.8. The van der Waals surface area contributed by atoms with Crippen molar-refractivity contribution < 1.29 is 9.53 Å². The van der Waals surface area contributed by atoms with Crippen LogP contribution in [0.5, 0.6) is 0 Å². The number of hydrogen-bond acceptors (Lipinski definition) is 4. The predicted octanol–water partition coefficient (Wildman–Crippen LogP) is 1.82. The molecule has 0 atom stereocenters. The highest BCUT2D eigenvalue weighted by molar-refractivity contribution is 7.78. The predicted molar refractivity (Wildman–Crippen MR) is 50.4 cm³/mol. The van der Waals surface area contributed by atoms with E-state index < -0.39 is 5.54 Å². The van der Waals surface area contributed by atoms with Crippen molar-refractivity contribution in [2.24, 2.45) is 4.99 Å². The number of esters is 1. The van der Waals surface area contributed by atoms with E-state index >= 15 is 0 Å². The van der Waals surface area contributed by atoms with E-state index in [2.05, 4.69) is 22.4 Å². The first-order valence-electron chi connectivity index (χ1n) is 3.76. The monoisotopic (exact) mass is 187 g/mol. The first-order valence-corrected chi connectivity index (χ1v) is 4.17. The van der Waals surface area contributed by atoms with Crippen LogP contribution >= 0.6 is 12.2 Å². The molecule has 0 aliphatic carbocycles. The highest BCUT2D eigenvalue weighted by Gasteiger charge is 2.21. The number of carbonyl (C=O) groups excluding carboxylic acids is 1. The van der Waals surface area contributed by atoms with Crippen molar-refractivity contribution in [1.82, 2.24) is 0 Å². The first kappa shape index (κ1) is 11.3. The molecule has 0 spiro atoms. The van der Waals surface area contributed by atoms with Crippen LogP contribution in [0, 0.1) is 0 Å². The lowest BCUT2D eigenvalue weighted by molar-refractivity contribution is -0.144. The number of hydrogen-bond donors (Lipinski definition) is 0. The van der Waals surface area contributed by atoms with E-state index in [1.807, 2.05) is 13.8 Å². The lowest BCUT2D eigenvalue weighted by atomic mass is 10.0. The van der Waals surface area contributed by atoms with Gasteiger partial charge in [-0.15, -0.1) is 0 Å². The molecule has 0 saturated carbocycles. The van der Waals surface area contributed by atoms with Crippen molar-refractivity contribution in [3.63, 3.8) is 0 Å². The molecule has 0 aromatic carbocycles. The van der Waals surface area contributed by atoms with Gasteiger partial charge >= 0.3 is 5.97 Å². The molecule has 0 aromatic rings. The molecule has 4 heteroatoms. The van der Waals surface area contributed by atoms with Crippen LogP contribution in [-0.2, 0) is 9.53 Å². The van der Waals surface area contributed by atoms with E-state index in [-0.39, 0.29) is 12.4 Å². The zero-order valence-corrected chi connectivity index (χ0v) is 8.40. The lowest BCUT2D eigenvalue weighted by Gasteiger charge is -2.15. The van der Waals surface area contributed by atoms with Crippen molar-refractivity contribution in [3.05, 3.63) is 0 Å². The summed E-state index contributed by atoms with van der Waals surface area (Å²) >= 11 is 4.45. The van der Waals surface area contributed by atoms with Gasteiger partial charge in [-0.1, -0.05) is 0 Å². The molecule has 3 nitrogen and oxygen atoms in total. The summed E-state index contributed by atoms with van der Waals surface area (Å²) in [7, 11) is 0. The van der Waals surface area contributed by atoms with E-state index in [0.29, 0.717) is 6.61 Å². The average Bonchev–Trinajstić information content (AvgIpc) is 1.85. The van der Waals surface area contributed by atoms with Crippen molar-refractivity contribution in [3.8, 4) is 0 Å². The fourth-order valence-corrected chi connectivity index (χ4v) is 0.975. The Hall–Kier alpha value is -0.730. The fourth-order valence-electron chi connectivity index (χ4n) is 0.728. The molecule has 0 aromatic heterocycles. The van der Waals surface area contributed by atoms with Gasteiger partial charge in [-0.2, -0.15) is 0 Å². The van der Waals surface area contributed by atoms with E-state index in [1.54, 1.807) is 6.92 Å². The quantitative estimate of drug-likeness (QED) is 0.383. The minimum atomic E-state index is -0.492. The molecule has 0 aliphatic heterocycles. The highest BCUT2D eigenvalue weighted by atomic mass is 32.1. The molecule has 0 radical (unpaired) electrons. The number of nitrogens with zero attached hydrogens (tertiary/aromatic N) is 1. The molecule has 68 valence electrons. The Morgan fingerprint density at radius 3 is 2.67 bits per heavy atom. The third-order valence-corrected chi connectivity index (χ3v) is 1.32. The average molecular weight is 187 g/mol. The lowest BCUT2D eigenvalue weighted by Crippen LogP contribution is -2.22. The molecule has 0 rings (SSSR count). The van der Waals surface area contributed by atoms with Crippen LogP contribution in [0.4, 0.5) is 0 Å². The first-order chi connectivity index (χ1) is 5.52. The third-order valence-electron chi connectivity index (χ3n) is 1.23. The van der Waals surface area contributed by atoms with Crippen molar-refractivity contribution in [2.45, 2.75) is 32.7 Å². The van der Waals surface area contributed by atoms with E-state index in [0.717, 1.165) is 0 Å². The molecule has 0 heterocycles. The zero-order chi connectivity index (χ0) is 9.61. The molecule has 0 bridgehead atoms. The number of thiocarbonyl (C=S) groups is 1. The van der Waals surface area contributed by atoms with E-state index in [1.165, 1.54) is 0 Å². The topological polar surface area (TPSA) is 38.7 Å². The normalized spacial score (nSPS) is 10.2. The largest absolute Gasteiger partial charge is 0.466 e. The van der Waals surface area contributed by atoms with Crippen LogP contribution in [-0.4, -0.2) is 23.3 Å². The van der Waals surface area contributed by atoms with Crippen LogP contribution in [0.1, 0.15) is 27.2 Å². The van der Waals surface area contributed by atoms with E-state index in [9.17, 15) is 4.79 Å². The number of carbonyl (C=O) groups is 1. The third kappa shape index (κ3) is 4.99. The minimum Gasteiger partial charge on any atom is -0.466 e. The molecular weight excluding hydrogens is 174 g/mol. The van der Waals surface area contributed by atoms with Crippen LogP contribution in [0.15, 0.2) is 4.99 Å². The molecule has 0 N–H and O–H groups in total. The van der Waals surface area contributed by atoms with Crippen molar-refractivity contribution in [2.75, 3.05) is 6.61 Å². The summed E-state index contributed by atoms with van der Waals surface area (Å²) in [6.07, 6.45) is 0.241. The summed E-state index contributed by atoms with van der Waals surface area (Å²) in [5.41, 5.74) is -0.492. The number of aliphatic imine (C=N–C) groups is 1. The molecule has 12 heavy (non-hydrogen) atoms. The van der Waals surface area contributed by atoms with E-state index in [4.69, 9.17) is 4.74 Å². The summed E-state index contributed by atoms with van der Waals surface area (Å²) in [6, 6.07) is 0. The van der Waals surface area contributed by atoms with Crippen molar-refractivity contribution in [1.29, 1.82) is 0 Å². The maximum atomic E-state index is 11.0. The summed E-state index contributed by atoms with van der Waals surface area (Å²) in [5.74, 6) is -0.253. The Morgan fingerprint density at radius 1 is 1.67 bits per heavy atom. The number of rotatable bonds is 4. The molecule has 0 fully saturated rings. The van der Waals surface area contributed by atoms with Gasteiger partial charge in [0.15, 0.2) is 0 Å². The maximum Gasteiger partial charge on any atom is 0.308 e. The summed E-state index contributed by atoms with van der Waals surface area (Å²) in [5, 5.41) is 2.26. The Bertz CT molecular complexity index is 207. The number of ether oxygens (including phenoxy) is 1. The van der Waals surface area contributed by atoms with Gasteiger partial charge in [-0.25, -0.2) is 4.99 Å². The van der Waals surface area contributed by atoms with Crippen LogP contribution in [0.25, 0.3) is 0 Å². The Kier molecular flexibility index (Phi) is 4.71. The van der Waals surface area contributed by atoms with Gasteiger partial charge in [0.05, 0.1) is 23.7 Å². The van der Waals surface area contributed by atoms with Gasteiger partial charge in [0.1, 0.15) is 0 Å². The fraction of sp³-hybridized carbons (Fsp3) is 0.750. The molecule has 0 saturated heterocycles. The Morgan fingerprint density at radius 2 is 2.25 bits per heavy atom. The summed E-state index contributed by atoms with van der Waals surface area (Å²) in [6.45, 7) is 5.79. The minimum absolute atomic E-state index is 0.241. The molecule has 0 amide bonds. The van der Waals surface area contributed by atoms with Crippen molar-refractivity contribution >= 4 is 23.3 Å². The van der Waals surface area contributed by atoms with Gasteiger partial charge in [-0.05, 0) is 33.0 Å². The van der Waals surface area contributed by atoms with Gasteiger partial charge < -0.3 is 4.74 Å². The van der Waals surface area contributed by atoms with Crippen LogP contribution in [0.3, 0.4) is 0 Å².